The van der Waals surface area contributed by atoms with E-state index in [0.717, 1.165) is 4.88 Å². The summed E-state index contributed by atoms with van der Waals surface area (Å²) < 4.78 is 39.2. The fourth-order valence-electron chi connectivity index (χ4n) is 2.09. The maximum absolute atomic E-state index is 12.5. The predicted molar refractivity (Wildman–Crippen MR) is 72.6 cm³/mol. The Hall–Kier alpha value is -1.34. The Morgan fingerprint density at radius 3 is 2.70 bits per heavy atom. The van der Waals surface area contributed by atoms with E-state index in [1.54, 1.807) is 12.4 Å². The van der Waals surface area contributed by atoms with E-state index in [1.165, 1.54) is 18.3 Å². The molecule has 1 N–H and O–H groups in total. The van der Waals surface area contributed by atoms with E-state index in [9.17, 15) is 13.2 Å². The molecule has 2 aromatic heterocycles. The standard InChI is InChI=1S/C13H16F3N3S/c1-9(8-13(14,15)16)18-11(10-4-3-7-20-10)12-17-5-6-19(12)2/h3-7,9,11,18H,8H2,1-2H3. The molecule has 0 fully saturated rings. The second-order valence-corrected chi connectivity index (χ2v) is 5.71. The monoisotopic (exact) mass is 303 g/mol. The average molecular weight is 303 g/mol. The van der Waals surface area contributed by atoms with Crippen LogP contribution in [-0.4, -0.2) is 21.8 Å². The number of aryl methyl sites for hydroxylation is 1. The third-order valence-electron chi connectivity index (χ3n) is 2.93. The molecular formula is C13H16F3N3S. The number of thiophene rings is 1. The van der Waals surface area contributed by atoms with Crippen molar-refractivity contribution in [3.63, 3.8) is 0 Å². The molecule has 2 rings (SSSR count). The third-order valence-corrected chi connectivity index (χ3v) is 3.87. The summed E-state index contributed by atoms with van der Waals surface area (Å²) in [5, 5.41) is 4.93. The zero-order chi connectivity index (χ0) is 14.8. The molecule has 2 aromatic rings. The van der Waals surface area contributed by atoms with Gasteiger partial charge in [-0.25, -0.2) is 4.98 Å². The van der Waals surface area contributed by atoms with Gasteiger partial charge < -0.3 is 9.88 Å². The molecule has 20 heavy (non-hydrogen) atoms. The summed E-state index contributed by atoms with van der Waals surface area (Å²) in [6, 6.07) is 2.77. The van der Waals surface area contributed by atoms with Gasteiger partial charge in [0, 0.05) is 30.4 Å². The van der Waals surface area contributed by atoms with Crippen molar-refractivity contribution in [2.45, 2.75) is 31.6 Å². The molecule has 0 aliphatic rings. The molecule has 2 atom stereocenters. The van der Waals surface area contributed by atoms with Crippen molar-refractivity contribution in [1.29, 1.82) is 0 Å². The fourth-order valence-corrected chi connectivity index (χ4v) is 2.87. The van der Waals surface area contributed by atoms with Crippen LogP contribution in [0, 0.1) is 0 Å². The van der Waals surface area contributed by atoms with Crippen molar-refractivity contribution >= 4 is 11.3 Å². The van der Waals surface area contributed by atoms with Crippen molar-refractivity contribution in [2.24, 2.45) is 7.05 Å². The SMILES string of the molecule is CC(CC(F)(F)F)NC(c1cccs1)c1nccn1C. The van der Waals surface area contributed by atoms with E-state index in [2.05, 4.69) is 10.3 Å². The number of nitrogens with one attached hydrogen (secondary N) is 1. The van der Waals surface area contributed by atoms with Gasteiger partial charge in [-0.3, -0.25) is 0 Å². The van der Waals surface area contributed by atoms with Gasteiger partial charge >= 0.3 is 6.18 Å². The number of imidazole rings is 1. The molecule has 0 amide bonds. The van der Waals surface area contributed by atoms with Gasteiger partial charge in [0.2, 0.25) is 0 Å². The van der Waals surface area contributed by atoms with Crippen LogP contribution in [-0.2, 0) is 7.05 Å². The lowest BCUT2D eigenvalue weighted by Crippen LogP contribution is -2.35. The molecule has 3 nitrogen and oxygen atoms in total. The van der Waals surface area contributed by atoms with Crippen LogP contribution in [0.15, 0.2) is 29.9 Å². The summed E-state index contributed by atoms with van der Waals surface area (Å²) in [5.74, 6) is 0.710. The molecule has 2 heterocycles. The molecule has 0 spiro atoms. The highest BCUT2D eigenvalue weighted by Crippen LogP contribution is 2.27. The van der Waals surface area contributed by atoms with E-state index in [4.69, 9.17) is 0 Å². The quantitative estimate of drug-likeness (QED) is 0.916. The van der Waals surface area contributed by atoms with Crippen molar-refractivity contribution in [3.8, 4) is 0 Å². The Kier molecular flexibility index (Phi) is 4.49. The first kappa shape index (κ1) is 15.1. The van der Waals surface area contributed by atoms with E-state index in [1.807, 2.05) is 29.1 Å². The lowest BCUT2D eigenvalue weighted by Gasteiger charge is -2.23. The Bertz CT molecular complexity index is 533. The lowest BCUT2D eigenvalue weighted by molar-refractivity contribution is -0.139. The van der Waals surface area contributed by atoms with Crippen molar-refractivity contribution in [2.75, 3.05) is 0 Å². The zero-order valence-electron chi connectivity index (χ0n) is 11.2. The highest BCUT2D eigenvalue weighted by atomic mass is 32.1. The van der Waals surface area contributed by atoms with Gasteiger partial charge in [0.05, 0.1) is 6.42 Å². The average Bonchev–Trinajstić information content (AvgIpc) is 2.94. The van der Waals surface area contributed by atoms with Crippen LogP contribution in [0.4, 0.5) is 13.2 Å². The Labute approximate surface area is 119 Å². The summed E-state index contributed by atoms with van der Waals surface area (Å²) in [7, 11) is 1.83. The second-order valence-electron chi connectivity index (χ2n) is 4.73. The van der Waals surface area contributed by atoms with Gasteiger partial charge in [0.1, 0.15) is 11.9 Å². The van der Waals surface area contributed by atoms with E-state index < -0.39 is 18.6 Å². The van der Waals surface area contributed by atoms with Crippen LogP contribution >= 0.6 is 11.3 Å². The first-order valence-corrected chi connectivity index (χ1v) is 7.08. The molecule has 2 unspecified atom stereocenters. The summed E-state index contributed by atoms with van der Waals surface area (Å²) >= 11 is 1.50. The first-order valence-electron chi connectivity index (χ1n) is 6.20. The van der Waals surface area contributed by atoms with Gasteiger partial charge in [0.25, 0.3) is 0 Å². The van der Waals surface area contributed by atoms with Crippen molar-refractivity contribution in [3.05, 3.63) is 40.6 Å². The molecule has 0 radical (unpaired) electrons. The van der Waals surface area contributed by atoms with Crippen LogP contribution in [0.1, 0.15) is 30.1 Å². The van der Waals surface area contributed by atoms with Crippen LogP contribution in [0.3, 0.4) is 0 Å². The van der Waals surface area contributed by atoms with Gasteiger partial charge in [-0.1, -0.05) is 6.07 Å². The van der Waals surface area contributed by atoms with Crippen molar-refractivity contribution < 1.29 is 13.2 Å². The van der Waals surface area contributed by atoms with Gasteiger partial charge in [-0.05, 0) is 18.4 Å². The third kappa shape index (κ3) is 3.83. The minimum atomic E-state index is -4.17. The summed E-state index contributed by atoms with van der Waals surface area (Å²) in [6.07, 6.45) is -1.61. The molecular weight excluding hydrogens is 287 g/mol. The Morgan fingerprint density at radius 1 is 1.45 bits per heavy atom. The fraction of sp³-hybridized carbons (Fsp3) is 0.462. The normalized spacial score (nSPS) is 15.2. The van der Waals surface area contributed by atoms with Crippen LogP contribution in [0.2, 0.25) is 0 Å². The van der Waals surface area contributed by atoms with E-state index in [0.29, 0.717) is 5.82 Å². The summed E-state index contributed by atoms with van der Waals surface area (Å²) in [6.45, 7) is 1.54. The van der Waals surface area contributed by atoms with Crippen LogP contribution < -0.4 is 5.32 Å². The number of alkyl halides is 3. The number of halogens is 3. The van der Waals surface area contributed by atoms with Crippen molar-refractivity contribution in [1.82, 2.24) is 14.9 Å². The van der Waals surface area contributed by atoms with E-state index in [-0.39, 0.29) is 6.04 Å². The van der Waals surface area contributed by atoms with Crippen LogP contribution in [0.5, 0.6) is 0 Å². The Balaban J connectivity index is 2.19. The van der Waals surface area contributed by atoms with Gasteiger partial charge in [0.15, 0.2) is 0 Å². The number of nitrogens with zero attached hydrogens (tertiary/aromatic N) is 2. The number of hydrogen-bond donors (Lipinski definition) is 1. The van der Waals surface area contributed by atoms with E-state index >= 15 is 0 Å². The number of hydrogen-bond acceptors (Lipinski definition) is 3. The minimum Gasteiger partial charge on any atom is -0.336 e. The first-order chi connectivity index (χ1) is 9.37. The molecule has 0 aliphatic carbocycles. The maximum Gasteiger partial charge on any atom is 0.390 e. The molecule has 0 bridgehead atoms. The maximum atomic E-state index is 12.5. The van der Waals surface area contributed by atoms with Crippen LogP contribution in [0.25, 0.3) is 0 Å². The van der Waals surface area contributed by atoms with Gasteiger partial charge in [-0.15, -0.1) is 11.3 Å². The highest BCUT2D eigenvalue weighted by molar-refractivity contribution is 7.10. The Morgan fingerprint density at radius 2 is 2.20 bits per heavy atom. The second kappa shape index (κ2) is 5.97. The number of aromatic nitrogens is 2. The molecule has 0 aromatic carbocycles. The predicted octanol–water partition coefficient (Wildman–Crippen LogP) is 3.50. The largest absolute Gasteiger partial charge is 0.390 e. The van der Waals surface area contributed by atoms with Gasteiger partial charge in [-0.2, -0.15) is 13.2 Å². The molecule has 0 saturated carbocycles. The highest BCUT2D eigenvalue weighted by Gasteiger charge is 2.32. The molecule has 0 saturated heterocycles. The number of rotatable bonds is 5. The molecule has 0 aliphatic heterocycles. The lowest BCUT2D eigenvalue weighted by atomic mass is 10.1. The molecule has 7 heteroatoms. The molecule has 110 valence electrons. The summed E-state index contributed by atoms with van der Waals surface area (Å²) in [4.78, 5) is 5.20. The smallest absolute Gasteiger partial charge is 0.336 e. The zero-order valence-corrected chi connectivity index (χ0v) is 12.0. The minimum absolute atomic E-state index is 0.327. The summed E-state index contributed by atoms with van der Waals surface area (Å²) in [5.41, 5.74) is 0. The topological polar surface area (TPSA) is 29.9 Å².